The lowest BCUT2D eigenvalue weighted by atomic mass is 10.0. The number of rotatable bonds is 0. The average Bonchev–Trinajstić information content (AvgIpc) is 1.55. The van der Waals surface area contributed by atoms with Gasteiger partial charge in [-0.25, -0.2) is 47.4 Å². The molecular weight excluding hydrogens is 1740 g/mol. The molecule has 4 amide bonds. The molecule has 137 heavy (non-hydrogen) atoms. The fraction of sp³-hybridized carbons (Fsp3) is 0.0943. The summed E-state index contributed by atoms with van der Waals surface area (Å²) in [5, 5.41) is 30.0. The number of aromatic nitrogens is 16. The molecule has 0 fully saturated rings. The van der Waals surface area contributed by atoms with Crippen molar-refractivity contribution in [2.75, 3.05) is 27.9 Å². The first-order valence-corrected chi connectivity index (χ1v) is 43.9. The van der Waals surface area contributed by atoms with Crippen LogP contribution in [0, 0.1) is 18.6 Å². The van der Waals surface area contributed by atoms with Gasteiger partial charge in [-0.05, 0) is 191 Å². The summed E-state index contributed by atoms with van der Waals surface area (Å²) < 4.78 is 47.3. The molecule has 4 aliphatic rings. The van der Waals surface area contributed by atoms with Crippen LogP contribution in [0.25, 0.3) is 89.2 Å². The molecule has 0 atom stereocenters. The molecule has 0 saturated carbocycles. The van der Waals surface area contributed by atoms with Crippen LogP contribution in [-0.4, -0.2) is 108 Å². The summed E-state index contributed by atoms with van der Waals surface area (Å²) in [4.78, 5) is 121. The number of amides is 4. The quantitative estimate of drug-likeness (QED) is 0.110. The molecule has 12 aromatic carbocycles. The second-order valence-electron chi connectivity index (χ2n) is 33.3. The number of benzene rings is 12. The highest BCUT2D eigenvalue weighted by molar-refractivity contribution is 6.07. The third-order valence-electron chi connectivity index (χ3n) is 24.0. The Labute approximate surface area is 776 Å². The first kappa shape index (κ1) is 85.4. The number of hydrogen-bond donors (Lipinski definition) is 4. The fourth-order valence-corrected chi connectivity index (χ4v) is 17.2. The van der Waals surface area contributed by atoms with E-state index in [0.717, 1.165) is 112 Å². The minimum Gasteiger partial charge on any atom is -0.492 e. The molecule has 0 aliphatic carbocycles. The van der Waals surface area contributed by atoms with E-state index in [1.165, 1.54) is 36.9 Å². The van der Waals surface area contributed by atoms with Crippen LogP contribution in [0.4, 0.5) is 32.6 Å². The molecule has 0 spiro atoms. The van der Waals surface area contributed by atoms with Crippen LogP contribution in [0.5, 0.6) is 5.75 Å². The highest BCUT2D eigenvalue weighted by Gasteiger charge is 2.25. The molecule has 4 aliphatic heterocycles. The van der Waals surface area contributed by atoms with Crippen molar-refractivity contribution in [3.05, 3.63) is 441 Å². The number of fused-ring (bicyclic) bond motifs is 40. The topological polar surface area (TPSA) is 336 Å². The number of nitrogens with one attached hydrogen (secondary N) is 4. The van der Waals surface area contributed by atoms with Gasteiger partial charge in [0.25, 0.3) is 45.9 Å². The van der Waals surface area contributed by atoms with E-state index in [9.17, 15) is 47.1 Å². The summed E-state index contributed by atoms with van der Waals surface area (Å²) in [5.41, 5.74) is 20.0. The zero-order valence-electron chi connectivity index (χ0n) is 73.0. The summed E-state index contributed by atoms with van der Waals surface area (Å²) in [6.07, 6.45) is 0. The van der Waals surface area contributed by atoms with Gasteiger partial charge in [-0.3, -0.25) is 59.6 Å². The summed E-state index contributed by atoms with van der Waals surface area (Å²) in [7, 11) is 0. The maximum atomic E-state index is 14.1. The number of hydrogen-bond acceptors (Lipinski definition) is 17. The summed E-state index contributed by atoms with van der Waals surface area (Å²) in [5.74, 6) is -0.982. The van der Waals surface area contributed by atoms with Crippen molar-refractivity contribution in [2.45, 2.75) is 59.3 Å². The van der Waals surface area contributed by atoms with Gasteiger partial charge in [-0.2, -0.15) is 20.4 Å². The molecule has 31 heteroatoms. The highest BCUT2D eigenvalue weighted by atomic mass is 19.2. The third-order valence-corrected chi connectivity index (χ3v) is 24.0. The van der Waals surface area contributed by atoms with E-state index in [1.807, 2.05) is 190 Å². The summed E-state index contributed by atoms with van der Waals surface area (Å²) in [6, 6.07) is 96.2. The standard InChI is InChI=1S/C27H21N5O3.C27H21N5O2.C26H17F2N5O2.C26H19N5O2/c33-25-12-11-22-19-6-4-8-21(16-19)35-14-13-31-24-10-2-1-9-23(24)28-27(31)29-26(34)20-7-3-5-18(15-20)17-32(25)30-22;1-17-9-10-19-14-21(17)22-11-12-25(33)32(30-22)16-18-5-4-6-20(13-18)26(34)29-27-28-23-7-2-3-8-24(23)31(27)15-19;27-19-11-22-23(12-20(19)28)32-13-15-3-1-5-17(9-15)21-7-8-24(34)33(31-21)14-16-4-2-6-18(10-16)25(35)30-26(32)29-22;32-24-12-11-21-19-7-3-5-17(13-19)15-30-23-10-2-1-9-22(23)27-26(30)28-25(33)20-8-4-6-18(14-20)16-31(24)29-21/h1-12,15-16H,13-14,17H2,(H,28,29,34);2-14H,15-16H2,1H3,(H,28,29,34);1-12H,13-14H2,(H,29,30,35);1-14H,15-16H2,(H,27,28,33). The normalized spacial score (nSPS) is 13.1. The van der Waals surface area contributed by atoms with Crippen molar-refractivity contribution < 1.29 is 32.7 Å². The molecule has 0 saturated heterocycles. The largest absolute Gasteiger partial charge is 0.492 e. The summed E-state index contributed by atoms with van der Waals surface area (Å²) in [6.45, 7) is 5.12. The molecule has 20 aromatic rings. The predicted octanol–water partition coefficient (Wildman–Crippen LogP) is 16.3. The van der Waals surface area contributed by atoms with Crippen LogP contribution in [0.1, 0.15) is 85.9 Å². The second-order valence-corrected chi connectivity index (χ2v) is 33.3. The zero-order valence-corrected chi connectivity index (χ0v) is 73.0. The van der Waals surface area contributed by atoms with Crippen molar-refractivity contribution in [3.63, 3.8) is 0 Å². The van der Waals surface area contributed by atoms with Gasteiger partial charge in [0.05, 0.1) is 119 Å². The molecule has 8 aromatic heterocycles. The molecule has 24 rings (SSSR count). The Morgan fingerprint density at radius 2 is 0.584 bits per heavy atom. The van der Waals surface area contributed by atoms with Gasteiger partial charge in [0.15, 0.2) is 11.6 Å². The Balaban J connectivity index is 0.000000109. The van der Waals surface area contributed by atoms with Crippen LogP contribution < -0.4 is 48.2 Å². The minimum absolute atomic E-state index is 0.163. The number of aryl methyl sites for hydroxylation is 1. The Morgan fingerprint density at radius 3 is 1.00 bits per heavy atom. The molecule has 0 unspecified atom stereocenters. The highest BCUT2D eigenvalue weighted by Crippen LogP contribution is 2.33. The van der Waals surface area contributed by atoms with Gasteiger partial charge in [0.2, 0.25) is 23.8 Å². The van der Waals surface area contributed by atoms with Crippen molar-refractivity contribution >= 4 is 91.6 Å². The lowest BCUT2D eigenvalue weighted by Gasteiger charge is -2.13. The van der Waals surface area contributed by atoms with Crippen molar-refractivity contribution in [1.82, 2.24) is 77.3 Å². The van der Waals surface area contributed by atoms with E-state index < -0.39 is 17.5 Å². The van der Waals surface area contributed by atoms with Crippen molar-refractivity contribution in [2.24, 2.45) is 0 Å². The molecule has 670 valence electrons. The van der Waals surface area contributed by atoms with Crippen LogP contribution in [0.2, 0.25) is 0 Å². The zero-order chi connectivity index (χ0) is 93.5. The monoisotopic (exact) mass is 1810 g/mol. The van der Waals surface area contributed by atoms with E-state index >= 15 is 0 Å². The molecule has 4 N–H and O–H groups in total. The third kappa shape index (κ3) is 18.0. The number of para-hydroxylation sites is 6. The van der Waals surface area contributed by atoms with Crippen LogP contribution in [0.15, 0.2) is 341 Å². The Bertz CT molecular complexity index is 8560. The second kappa shape index (κ2) is 36.4. The lowest BCUT2D eigenvalue weighted by Crippen LogP contribution is -2.23. The smallest absolute Gasteiger partial charge is 0.267 e. The van der Waals surface area contributed by atoms with Gasteiger partial charge in [0, 0.05) is 80.9 Å². The average molecular weight is 1810 g/mol. The van der Waals surface area contributed by atoms with E-state index in [1.54, 1.807) is 102 Å². The van der Waals surface area contributed by atoms with E-state index in [0.29, 0.717) is 100 Å². The molecular formula is C106H78F2N20O9. The fourth-order valence-electron chi connectivity index (χ4n) is 17.2. The maximum absolute atomic E-state index is 14.1. The van der Waals surface area contributed by atoms with E-state index in [4.69, 9.17) is 9.72 Å². The molecule has 0 radical (unpaired) electrons. The predicted molar refractivity (Wildman–Crippen MR) is 516 cm³/mol. The minimum atomic E-state index is -1.02. The number of carbonyl (C=O) groups is 4. The van der Waals surface area contributed by atoms with Gasteiger partial charge in [0.1, 0.15) is 12.4 Å². The number of halogens is 2. The van der Waals surface area contributed by atoms with Gasteiger partial charge in [-0.1, -0.05) is 146 Å². The number of carbonyl (C=O) groups excluding carboxylic acids is 4. The van der Waals surface area contributed by atoms with Gasteiger partial charge in [-0.15, -0.1) is 0 Å². The molecule has 12 heterocycles. The Hall–Kier alpha value is -18.4. The van der Waals surface area contributed by atoms with Gasteiger partial charge >= 0.3 is 0 Å². The van der Waals surface area contributed by atoms with Crippen molar-refractivity contribution in [1.29, 1.82) is 0 Å². The maximum Gasteiger partial charge on any atom is 0.267 e. The molecule has 24 bridgehead atoms. The van der Waals surface area contributed by atoms with Crippen LogP contribution >= 0.6 is 0 Å². The first-order chi connectivity index (χ1) is 66.8. The molecule has 29 nitrogen and oxygen atoms in total. The Kier molecular flexibility index (Phi) is 22.7. The lowest BCUT2D eigenvalue weighted by molar-refractivity contribution is 0.101. The van der Waals surface area contributed by atoms with E-state index in [2.05, 4.69) is 80.9 Å². The SMILES string of the molecule is Cc1ccc2cc1-c1ccc(=O)n(n1)Cc1cccc(c1)C(=O)Nc1nc3ccccc3n1C2.O=C1Nc2nc3cc(F)c(F)cc3n2Cc2cccc(c2)-c2ccc(=O)n(n2)Cc2cccc1c2.O=C1Nc2nc3ccccc3n2CCOc2cccc(c2)-c2ccc(=O)n(n2)Cc2cccc1c2.O=C1Nc2nc3ccccc3n2Cc2cccc(c2)-c2ccc(=O)n(n2)Cc2cccc1c2. The van der Waals surface area contributed by atoms with Crippen molar-refractivity contribution in [3.8, 4) is 50.8 Å². The first-order valence-electron chi connectivity index (χ1n) is 43.9. The van der Waals surface area contributed by atoms with Gasteiger partial charge < -0.3 is 23.0 Å². The number of anilines is 4. The number of nitrogens with zero attached hydrogens (tertiary/aromatic N) is 16. The number of ether oxygens (including phenoxy) is 1. The number of imidazole rings is 4. The summed E-state index contributed by atoms with van der Waals surface area (Å²) >= 11 is 0. The Morgan fingerprint density at radius 1 is 0.270 bits per heavy atom. The van der Waals surface area contributed by atoms with Crippen LogP contribution in [0.3, 0.4) is 0 Å². The van der Waals surface area contributed by atoms with Crippen LogP contribution in [-0.2, 0) is 52.4 Å². The van der Waals surface area contributed by atoms with E-state index in [-0.39, 0.29) is 84.1 Å².